The van der Waals surface area contributed by atoms with E-state index in [0.29, 0.717) is 11.5 Å². The maximum Gasteiger partial charge on any atom is 0.174 e. The first-order valence-electron chi connectivity index (χ1n) is 5.11. The van der Waals surface area contributed by atoms with Crippen LogP contribution in [0.3, 0.4) is 0 Å². The smallest absolute Gasteiger partial charge is 0.174 e. The van der Waals surface area contributed by atoms with Crippen LogP contribution in [-0.2, 0) is 6.61 Å². The number of aliphatic hydroxyl groups excluding tert-OH is 1. The lowest BCUT2D eigenvalue weighted by atomic mass is 10.3. The molecule has 0 saturated carbocycles. The van der Waals surface area contributed by atoms with Gasteiger partial charge < -0.3 is 5.11 Å². The van der Waals surface area contributed by atoms with E-state index < -0.39 is 0 Å². The van der Waals surface area contributed by atoms with Crippen LogP contribution in [0, 0.1) is 0 Å². The van der Waals surface area contributed by atoms with E-state index in [1.54, 1.807) is 12.4 Å². The predicted molar refractivity (Wildman–Crippen MR) is 60.4 cm³/mol. The van der Waals surface area contributed by atoms with Crippen molar-refractivity contribution in [2.45, 2.75) is 6.61 Å². The molecule has 0 saturated heterocycles. The Bertz CT molecular complexity index is 664. The molecule has 2 heterocycles. The molecule has 6 nitrogen and oxygen atoms in total. The van der Waals surface area contributed by atoms with Crippen LogP contribution < -0.4 is 0 Å². The van der Waals surface area contributed by atoms with Crippen molar-refractivity contribution in [3.8, 4) is 5.82 Å². The van der Waals surface area contributed by atoms with Crippen molar-refractivity contribution in [3.05, 3.63) is 42.4 Å². The minimum Gasteiger partial charge on any atom is -0.390 e. The normalized spacial score (nSPS) is 10.9. The Hall–Kier alpha value is -2.34. The number of para-hydroxylation sites is 2. The van der Waals surface area contributed by atoms with Gasteiger partial charge in [-0.05, 0) is 12.1 Å². The molecule has 0 atom stereocenters. The lowest BCUT2D eigenvalue weighted by Crippen LogP contribution is -1.99. The third kappa shape index (κ3) is 1.74. The number of hydrogen-bond acceptors (Lipinski definition) is 5. The maximum absolute atomic E-state index is 8.92. The number of fused-ring (bicyclic) bond motifs is 1. The van der Waals surface area contributed by atoms with Gasteiger partial charge in [0.1, 0.15) is 5.69 Å². The fraction of sp³-hybridized carbons (Fsp3) is 0.0909. The van der Waals surface area contributed by atoms with Gasteiger partial charge in [0.25, 0.3) is 0 Å². The van der Waals surface area contributed by atoms with Crippen LogP contribution in [0.1, 0.15) is 5.69 Å². The zero-order valence-corrected chi connectivity index (χ0v) is 8.85. The van der Waals surface area contributed by atoms with E-state index >= 15 is 0 Å². The minimum absolute atomic E-state index is 0.138. The highest BCUT2D eigenvalue weighted by atomic mass is 16.3. The average molecular weight is 227 g/mol. The molecule has 0 unspecified atom stereocenters. The van der Waals surface area contributed by atoms with E-state index in [1.807, 2.05) is 24.3 Å². The monoisotopic (exact) mass is 227 g/mol. The number of rotatable bonds is 2. The molecule has 84 valence electrons. The van der Waals surface area contributed by atoms with Gasteiger partial charge in [-0.25, -0.2) is 9.67 Å². The zero-order valence-electron chi connectivity index (χ0n) is 8.85. The molecule has 0 radical (unpaired) electrons. The van der Waals surface area contributed by atoms with Gasteiger partial charge in [0.15, 0.2) is 5.82 Å². The van der Waals surface area contributed by atoms with Gasteiger partial charge in [-0.2, -0.15) is 0 Å². The molecule has 3 rings (SSSR count). The van der Waals surface area contributed by atoms with Crippen LogP contribution in [0.2, 0.25) is 0 Å². The van der Waals surface area contributed by atoms with E-state index in [1.165, 1.54) is 4.68 Å². The first-order valence-corrected chi connectivity index (χ1v) is 5.11. The highest BCUT2D eigenvalue weighted by Crippen LogP contribution is 2.10. The molecule has 0 amide bonds. The first-order chi connectivity index (χ1) is 8.36. The van der Waals surface area contributed by atoms with E-state index in [2.05, 4.69) is 20.3 Å². The van der Waals surface area contributed by atoms with Gasteiger partial charge in [0.2, 0.25) is 0 Å². The summed E-state index contributed by atoms with van der Waals surface area (Å²) in [5, 5.41) is 16.6. The molecule has 3 aromatic rings. The van der Waals surface area contributed by atoms with Gasteiger partial charge >= 0.3 is 0 Å². The molecule has 0 aliphatic heterocycles. The third-order valence-corrected chi connectivity index (χ3v) is 2.37. The van der Waals surface area contributed by atoms with Crippen LogP contribution in [0.25, 0.3) is 16.9 Å². The second-order valence-corrected chi connectivity index (χ2v) is 3.53. The van der Waals surface area contributed by atoms with Crippen molar-refractivity contribution in [3.63, 3.8) is 0 Å². The SMILES string of the molecule is OCc1cn(-c2cnc3ccccc3n2)nn1. The molecule has 0 fully saturated rings. The van der Waals surface area contributed by atoms with E-state index in [4.69, 9.17) is 5.11 Å². The molecule has 0 aliphatic carbocycles. The van der Waals surface area contributed by atoms with Gasteiger partial charge in [0, 0.05) is 0 Å². The lowest BCUT2D eigenvalue weighted by Gasteiger charge is -2.00. The molecular formula is C11H9N5O. The highest BCUT2D eigenvalue weighted by molar-refractivity contribution is 5.74. The summed E-state index contributed by atoms with van der Waals surface area (Å²) in [6, 6.07) is 7.60. The lowest BCUT2D eigenvalue weighted by molar-refractivity contribution is 0.276. The Kier molecular flexibility index (Phi) is 2.27. The van der Waals surface area contributed by atoms with Crippen LogP contribution in [0.4, 0.5) is 0 Å². The number of hydrogen-bond donors (Lipinski definition) is 1. The Morgan fingerprint density at radius 1 is 1.18 bits per heavy atom. The standard InChI is InChI=1S/C11H9N5O/c17-7-8-6-16(15-14-8)11-5-12-9-3-1-2-4-10(9)13-11/h1-6,17H,7H2. The summed E-state index contributed by atoms with van der Waals surface area (Å²) in [5.41, 5.74) is 2.13. The second kappa shape index (κ2) is 3.91. The van der Waals surface area contributed by atoms with Crippen LogP contribution in [0.5, 0.6) is 0 Å². The predicted octanol–water partition coefficient (Wildman–Crippen LogP) is 0.703. The van der Waals surface area contributed by atoms with Crippen molar-refractivity contribution >= 4 is 11.0 Å². The molecular weight excluding hydrogens is 218 g/mol. The summed E-state index contributed by atoms with van der Waals surface area (Å²) in [6.07, 6.45) is 3.25. The summed E-state index contributed by atoms with van der Waals surface area (Å²) < 4.78 is 1.49. The topological polar surface area (TPSA) is 76.7 Å². The van der Waals surface area contributed by atoms with Gasteiger partial charge in [-0.15, -0.1) is 5.10 Å². The molecule has 1 aromatic carbocycles. The van der Waals surface area contributed by atoms with Crippen LogP contribution in [-0.4, -0.2) is 30.1 Å². The largest absolute Gasteiger partial charge is 0.390 e. The number of aliphatic hydroxyl groups is 1. The first kappa shape index (κ1) is 9.86. The number of benzene rings is 1. The number of aromatic nitrogens is 5. The second-order valence-electron chi connectivity index (χ2n) is 3.53. The van der Waals surface area contributed by atoms with Gasteiger partial charge in [0.05, 0.1) is 30.0 Å². The molecule has 1 N–H and O–H groups in total. The van der Waals surface area contributed by atoms with Crippen molar-refractivity contribution in [1.82, 2.24) is 25.0 Å². The Morgan fingerprint density at radius 3 is 2.76 bits per heavy atom. The average Bonchev–Trinajstić information content (AvgIpc) is 2.87. The summed E-state index contributed by atoms with van der Waals surface area (Å²) in [6.45, 7) is -0.138. The fourth-order valence-corrected chi connectivity index (χ4v) is 1.54. The molecule has 6 heteroatoms. The van der Waals surface area contributed by atoms with Gasteiger partial charge in [-0.1, -0.05) is 17.3 Å². The summed E-state index contributed by atoms with van der Waals surface area (Å²) in [4.78, 5) is 8.69. The quantitative estimate of drug-likeness (QED) is 0.697. The molecule has 2 aromatic heterocycles. The summed E-state index contributed by atoms with van der Waals surface area (Å²) in [5.74, 6) is 0.580. The van der Waals surface area contributed by atoms with Crippen molar-refractivity contribution in [2.24, 2.45) is 0 Å². The third-order valence-electron chi connectivity index (χ3n) is 2.37. The van der Waals surface area contributed by atoms with Crippen molar-refractivity contribution in [1.29, 1.82) is 0 Å². The summed E-state index contributed by atoms with van der Waals surface area (Å²) in [7, 11) is 0. The van der Waals surface area contributed by atoms with E-state index in [9.17, 15) is 0 Å². The molecule has 17 heavy (non-hydrogen) atoms. The fourth-order valence-electron chi connectivity index (χ4n) is 1.54. The highest BCUT2D eigenvalue weighted by Gasteiger charge is 2.04. The van der Waals surface area contributed by atoms with Gasteiger partial charge in [-0.3, -0.25) is 4.98 Å². The van der Waals surface area contributed by atoms with E-state index in [-0.39, 0.29) is 6.61 Å². The molecule has 0 spiro atoms. The zero-order chi connectivity index (χ0) is 11.7. The maximum atomic E-state index is 8.92. The molecule has 0 aliphatic rings. The Labute approximate surface area is 96.6 Å². The van der Waals surface area contributed by atoms with Crippen LogP contribution in [0.15, 0.2) is 36.7 Å². The minimum atomic E-state index is -0.138. The summed E-state index contributed by atoms with van der Waals surface area (Å²) >= 11 is 0. The Balaban J connectivity index is 2.11. The number of nitrogens with zero attached hydrogens (tertiary/aromatic N) is 5. The van der Waals surface area contributed by atoms with Crippen molar-refractivity contribution < 1.29 is 5.11 Å². The Morgan fingerprint density at radius 2 is 2.00 bits per heavy atom. The molecule has 0 bridgehead atoms. The van der Waals surface area contributed by atoms with Crippen molar-refractivity contribution in [2.75, 3.05) is 0 Å². The van der Waals surface area contributed by atoms with Crippen LogP contribution >= 0.6 is 0 Å². The van der Waals surface area contributed by atoms with E-state index in [0.717, 1.165) is 11.0 Å².